The van der Waals surface area contributed by atoms with Gasteiger partial charge in [0.2, 0.25) is 0 Å². The zero-order valence-electron chi connectivity index (χ0n) is 9.68. The second-order valence-electron chi connectivity index (χ2n) is 5.57. The number of rotatable bonds is 2. The molecule has 1 atom stereocenters. The van der Waals surface area contributed by atoms with Gasteiger partial charge in [0.05, 0.1) is 0 Å². The van der Waals surface area contributed by atoms with E-state index >= 15 is 0 Å². The largest absolute Gasteiger partial charge is 0.316 e. The van der Waals surface area contributed by atoms with Crippen LogP contribution in [0.5, 0.6) is 0 Å². The molecule has 2 nitrogen and oxygen atoms in total. The fourth-order valence-corrected chi connectivity index (χ4v) is 2.89. The Hall–Kier alpha value is -0.0800. The first-order chi connectivity index (χ1) is 6.68. The Morgan fingerprint density at radius 3 is 2.79 bits per heavy atom. The first kappa shape index (κ1) is 10.4. The van der Waals surface area contributed by atoms with E-state index in [4.69, 9.17) is 0 Å². The quantitative estimate of drug-likeness (QED) is 0.725. The fourth-order valence-electron chi connectivity index (χ4n) is 2.89. The summed E-state index contributed by atoms with van der Waals surface area (Å²) < 4.78 is 0. The van der Waals surface area contributed by atoms with E-state index in [-0.39, 0.29) is 0 Å². The molecule has 0 aromatic carbocycles. The van der Waals surface area contributed by atoms with Crippen molar-refractivity contribution in [2.75, 3.05) is 26.2 Å². The lowest BCUT2D eigenvalue weighted by Crippen LogP contribution is -2.44. The molecule has 0 unspecified atom stereocenters. The van der Waals surface area contributed by atoms with Gasteiger partial charge in [0.25, 0.3) is 0 Å². The third-order valence-electron chi connectivity index (χ3n) is 3.95. The van der Waals surface area contributed by atoms with Gasteiger partial charge in [0, 0.05) is 12.1 Å². The molecule has 2 aliphatic rings. The maximum absolute atomic E-state index is 3.51. The lowest BCUT2D eigenvalue weighted by molar-refractivity contribution is 0.137. The van der Waals surface area contributed by atoms with Crippen LogP contribution in [0.4, 0.5) is 0 Å². The molecule has 14 heavy (non-hydrogen) atoms. The van der Waals surface area contributed by atoms with E-state index in [2.05, 4.69) is 24.1 Å². The van der Waals surface area contributed by atoms with E-state index in [0.29, 0.717) is 5.54 Å². The maximum Gasteiger partial charge on any atom is 0.0153 e. The molecule has 0 amide bonds. The second kappa shape index (κ2) is 4.19. The van der Waals surface area contributed by atoms with Gasteiger partial charge in [0.15, 0.2) is 0 Å². The van der Waals surface area contributed by atoms with E-state index in [0.717, 1.165) is 5.92 Å². The highest BCUT2D eigenvalue weighted by Crippen LogP contribution is 2.29. The van der Waals surface area contributed by atoms with Gasteiger partial charge in [-0.05, 0) is 65.1 Å². The van der Waals surface area contributed by atoms with Gasteiger partial charge in [-0.2, -0.15) is 0 Å². The van der Waals surface area contributed by atoms with E-state index in [1.54, 1.807) is 0 Å². The van der Waals surface area contributed by atoms with Crippen molar-refractivity contribution in [1.82, 2.24) is 10.2 Å². The highest BCUT2D eigenvalue weighted by Gasteiger charge is 2.33. The van der Waals surface area contributed by atoms with Gasteiger partial charge < -0.3 is 5.32 Å². The standard InChI is InChI=1S/C12H24N2/c1-12(2)6-4-8-14(12)10-11-5-3-7-13-9-11/h11,13H,3-10H2,1-2H3/t11-/m1/s1. The van der Waals surface area contributed by atoms with Crippen LogP contribution in [0.1, 0.15) is 39.5 Å². The topological polar surface area (TPSA) is 15.3 Å². The molecule has 0 bridgehead atoms. The molecule has 0 spiro atoms. The Bertz CT molecular complexity index is 183. The zero-order valence-corrected chi connectivity index (χ0v) is 9.68. The summed E-state index contributed by atoms with van der Waals surface area (Å²) >= 11 is 0. The van der Waals surface area contributed by atoms with Crippen molar-refractivity contribution in [2.24, 2.45) is 5.92 Å². The van der Waals surface area contributed by atoms with Crippen molar-refractivity contribution in [3.05, 3.63) is 0 Å². The predicted octanol–water partition coefficient (Wildman–Crippen LogP) is 1.86. The average Bonchev–Trinajstić information content (AvgIpc) is 2.48. The number of hydrogen-bond acceptors (Lipinski definition) is 2. The molecule has 2 heteroatoms. The number of nitrogens with zero attached hydrogens (tertiary/aromatic N) is 1. The van der Waals surface area contributed by atoms with Crippen molar-refractivity contribution in [3.63, 3.8) is 0 Å². The molecule has 1 N–H and O–H groups in total. The molecule has 0 radical (unpaired) electrons. The molecule has 0 aromatic heterocycles. The lowest BCUT2D eigenvalue weighted by Gasteiger charge is -2.35. The third-order valence-corrected chi connectivity index (χ3v) is 3.95. The minimum absolute atomic E-state index is 0.470. The van der Waals surface area contributed by atoms with Crippen LogP contribution < -0.4 is 5.32 Å². The SMILES string of the molecule is CC1(C)CCCN1C[C@@H]1CCCNC1. The molecule has 2 fully saturated rings. The number of hydrogen-bond donors (Lipinski definition) is 1. The Morgan fingerprint density at radius 2 is 2.21 bits per heavy atom. The van der Waals surface area contributed by atoms with Crippen LogP contribution in [-0.4, -0.2) is 36.6 Å². The maximum atomic E-state index is 3.51. The zero-order chi connectivity index (χ0) is 10.0. The number of piperidine rings is 1. The summed E-state index contributed by atoms with van der Waals surface area (Å²) in [7, 11) is 0. The minimum Gasteiger partial charge on any atom is -0.316 e. The normalized spacial score (nSPS) is 33.4. The summed E-state index contributed by atoms with van der Waals surface area (Å²) in [5, 5.41) is 3.51. The van der Waals surface area contributed by atoms with Crippen molar-refractivity contribution in [2.45, 2.75) is 45.1 Å². The van der Waals surface area contributed by atoms with Gasteiger partial charge in [0.1, 0.15) is 0 Å². The van der Waals surface area contributed by atoms with Crippen molar-refractivity contribution >= 4 is 0 Å². The number of likely N-dealkylation sites (tertiary alicyclic amines) is 1. The summed E-state index contributed by atoms with van der Waals surface area (Å²) in [6.07, 6.45) is 5.58. The van der Waals surface area contributed by atoms with Crippen LogP contribution in [0.3, 0.4) is 0 Å². The van der Waals surface area contributed by atoms with Crippen molar-refractivity contribution in [3.8, 4) is 0 Å². The number of nitrogens with one attached hydrogen (secondary N) is 1. The van der Waals surface area contributed by atoms with Crippen LogP contribution in [0.25, 0.3) is 0 Å². The Morgan fingerprint density at radius 1 is 1.36 bits per heavy atom. The Labute approximate surface area is 88.1 Å². The van der Waals surface area contributed by atoms with Gasteiger partial charge in [-0.15, -0.1) is 0 Å². The van der Waals surface area contributed by atoms with Gasteiger partial charge in [-0.3, -0.25) is 4.90 Å². The van der Waals surface area contributed by atoms with Crippen LogP contribution in [0, 0.1) is 5.92 Å². The summed E-state index contributed by atoms with van der Waals surface area (Å²) in [4.78, 5) is 2.70. The molecule has 2 heterocycles. The first-order valence-electron chi connectivity index (χ1n) is 6.14. The van der Waals surface area contributed by atoms with Crippen LogP contribution in [0.2, 0.25) is 0 Å². The van der Waals surface area contributed by atoms with Gasteiger partial charge >= 0.3 is 0 Å². The summed E-state index contributed by atoms with van der Waals surface area (Å²) in [6.45, 7) is 9.92. The molecule has 2 saturated heterocycles. The highest BCUT2D eigenvalue weighted by atomic mass is 15.2. The fraction of sp³-hybridized carbons (Fsp3) is 1.00. The molecule has 0 aromatic rings. The lowest BCUT2D eigenvalue weighted by atomic mass is 9.96. The van der Waals surface area contributed by atoms with Crippen molar-refractivity contribution in [1.29, 1.82) is 0 Å². The summed E-state index contributed by atoms with van der Waals surface area (Å²) in [5.74, 6) is 0.904. The third kappa shape index (κ3) is 2.29. The van der Waals surface area contributed by atoms with E-state index in [1.807, 2.05) is 0 Å². The molecule has 2 aliphatic heterocycles. The Balaban J connectivity index is 1.83. The second-order valence-corrected chi connectivity index (χ2v) is 5.57. The van der Waals surface area contributed by atoms with E-state index < -0.39 is 0 Å². The molecule has 2 rings (SSSR count). The smallest absolute Gasteiger partial charge is 0.0153 e. The summed E-state index contributed by atoms with van der Waals surface area (Å²) in [5.41, 5.74) is 0.470. The van der Waals surface area contributed by atoms with Gasteiger partial charge in [-0.25, -0.2) is 0 Å². The van der Waals surface area contributed by atoms with Crippen LogP contribution in [0.15, 0.2) is 0 Å². The first-order valence-corrected chi connectivity index (χ1v) is 6.14. The predicted molar refractivity (Wildman–Crippen MR) is 60.5 cm³/mol. The minimum atomic E-state index is 0.470. The van der Waals surface area contributed by atoms with E-state index in [9.17, 15) is 0 Å². The molecule has 0 aliphatic carbocycles. The van der Waals surface area contributed by atoms with Crippen LogP contribution in [-0.2, 0) is 0 Å². The van der Waals surface area contributed by atoms with Crippen LogP contribution >= 0.6 is 0 Å². The molecular weight excluding hydrogens is 172 g/mol. The molecular formula is C12H24N2. The monoisotopic (exact) mass is 196 g/mol. The van der Waals surface area contributed by atoms with E-state index in [1.165, 1.54) is 51.9 Å². The molecule has 82 valence electrons. The Kier molecular flexibility index (Phi) is 3.13. The molecule has 0 saturated carbocycles. The average molecular weight is 196 g/mol. The summed E-state index contributed by atoms with van der Waals surface area (Å²) in [6, 6.07) is 0. The van der Waals surface area contributed by atoms with Gasteiger partial charge in [-0.1, -0.05) is 0 Å². The van der Waals surface area contributed by atoms with Crippen molar-refractivity contribution < 1.29 is 0 Å². The highest BCUT2D eigenvalue weighted by molar-refractivity contribution is 4.89.